The van der Waals surface area contributed by atoms with Gasteiger partial charge in [-0.3, -0.25) is 9.48 Å². The summed E-state index contributed by atoms with van der Waals surface area (Å²) in [5.41, 5.74) is 6.25. The van der Waals surface area contributed by atoms with Crippen molar-refractivity contribution in [2.24, 2.45) is 12.8 Å². The number of nitrogens with two attached hydrogens (primary N) is 1. The van der Waals surface area contributed by atoms with Gasteiger partial charge in [0.05, 0.1) is 18.9 Å². The van der Waals surface area contributed by atoms with E-state index in [1.165, 1.54) is 21.1 Å². The summed E-state index contributed by atoms with van der Waals surface area (Å²) in [6.07, 6.45) is 4.57. The molecule has 1 aliphatic rings. The third-order valence-corrected chi connectivity index (χ3v) is 6.08. The molecule has 0 radical (unpaired) electrons. The third kappa shape index (κ3) is 3.32. The van der Waals surface area contributed by atoms with Crippen molar-refractivity contribution in [2.75, 3.05) is 19.7 Å². The molecular formula is C15H21N5O4S. The highest BCUT2D eigenvalue weighted by atomic mass is 32.2. The number of hydrogen-bond donors (Lipinski definition) is 1. The lowest BCUT2D eigenvalue weighted by atomic mass is 10.2. The number of hydrogen-bond acceptors (Lipinski definition) is 5. The number of amides is 1. The second-order valence-corrected chi connectivity index (χ2v) is 7.83. The topological polar surface area (TPSA) is 112 Å². The van der Waals surface area contributed by atoms with Crippen molar-refractivity contribution in [2.45, 2.75) is 24.5 Å². The molecule has 2 N–H and O–H groups in total. The fraction of sp³-hybridized carbons (Fsp3) is 0.467. The minimum Gasteiger partial charge on any atom is -0.371 e. The van der Waals surface area contributed by atoms with Crippen LogP contribution in [0.3, 0.4) is 0 Å². The summed E-state index contributed by atoms with van der Waals surface area (Å²) in [5.74, 6) is -0.671. The number of ether oxygens (including phenoxy) is 1. The van der Waals surface area contributed by atoms with Gasteiger partial charge in [0.25, 0.3) is 5.91 Å². The molecule has 0 aliphatic carbocycles. The minimum absolute atomic E-state index is 0.0497. The maximum atomic E-state index is 12.9. The van der Waals surface area contributed by atoms with Crippen LogP contribution in [0, 0.1) is 0 Å². The molecule has 9 nitrogen and oxygen atoms in total. The molecule has 136 valence electrons. The van der Waals surface area contributed by atoms with Gasteiger partial charge in [0.1, 0.15) is 10.6 Å². The van der Waals surface area contributed by atoms with Crippen molar-refractivity contribution in [3.05, 3.63) is 35.9 Å². The van der Waals surface area contributed by atoms with E-state index in [1.807, 2.05) is 13.1 Å². The Labute approximate surface area is 146 Å². The van der Waals surface area contributed by atoms with Gasteiger partial charge in [0.2, 0.25) is 10.0 Å². The minimum atomic E-state index is -3.74. The molecule has 1 atom stereocenters. The predicted octanol–water partition coefficient (Wildman–Crippen LogP) is 0.103. The lowest BCUT2D eigenvalue weighted by molar-refractivity contribution is -0.00260. The number of morpholine rings is 1. The van der Waals surface area contributed by atoms with Crippen LogP contribution in [0.2, 0.25) is 0 Å². The lowest BCUT2D eigenvalue weighted by Crippen LogP contribution is -2.42. The van der Waals surface area contributed by atoms with E-state index in [0.29, 0.717) is 0 Å². The van der Waals surface area contributed by atoms with E-state index in [9.17, 15) is 13.2 Å². The smallest absolute Gasteiger partial charge is 0.265 e. The summed E-state index contributed by atoms with van der Waals surface area (Å²) in [5, 5.41) is 4.20. The molecule has 0 bridgehead atoms. The van der Waals surface area contributed by atoms with E-state index in [4.69, 9.17) is 10.5 Å². The van der Waals surface area contributed by atoms with E-state index in [1.54, 1.807) is 17.9 Å². The van der Waals surface area contributed by atoms with Gasteiger partial charge >= 0.3 is 0 Å². The number of primary amides is 1. The Morgan fingerprint density at radius 1 is 1.44 bits per heavy atom. The molecule has 0 unspecified atom stereocenters. The van der Waals surface area contributed by atoms with Gasteiger partial charge in [0, 0.05) is 44.6 Å². The molecule has 25 heavy (non-hydrogen) atoms. The van der Waals surface area contributed by atoms with E-state index < -0.39 is 15.9 Å². The fourth-order valence-electron chi connectivity index (χ4n) is 2.83. The Balaban J connectivity index is 1.84. The van der Waals surface area contributed by atoms with E-state index in [2.05, 4.69) is 5.10 Å². The molecule has 1 aliphatic heterocycles. The average molecular weight is 367 g/mol. The molecule has 1 saturated heterocycles. The van der Waals surface area contributed by atoms with Crippen LogP contribution >= 0.6 is 0 Å². The van der Waals surface area contributed by atoms with Gasteiger partial charge in [-0.1, -0.05) is 0 Å². The van der Waals surface area contributed by atoms with Crippen LogP contribution in [0.4, 0.5) is 0 Å². The largest absolute Gasteiger partial charge is 0.371 e. The van der Waals surface area contributed by atoms with Gasteiger partial charge in [0.15, 0.2) is 0 Å². The summed E-state index contributed by atoms with van der Waals surface area (Å²) >= 11 is 0. The summed E-state index contributed by atoms with van der Waals surface area (Å²) in [6.45, 7) is 3.44. The normalized spacial score (nSPS) is 19.2. The monoisotopic (exact) mass is 367 g/mol. The first kappa shape index (κ1) is 17.6. The zero-order valence-corrected chi connectivity index (χ0v) is 14.9. The first-order valence-electron chi connectivity index (χ1n) is 7.93. The van der Waals surface area contributed by atoms with Gasteiger partial charge in [-0.15, -0.1) is 0 Å². The number of sulfonamides is 1. The first-order chi connectivity index (χ1) is 11.8. The lowest BCUT2D eigenvalue weighted by Gasteiger charge is -2.31. The summed E-state index contributed by atoms with van der Waals surface area (Å²) in [4.78, 5) is 11.4. The number of carbonyl (C=O) groups is 1. The van der Waals surface area contributed by atoms with Crippen LogP contribution in [-0.4, -0.2) is 52.7 Å². The molecule has 0 spiro atoms. The van der Waals surface area contributed by atoms with Crippen molar-refractivity contribution in [3.8, 4) is 0 Å². The van der Waals surface area contributed by atoms with Crippen LogP contribution in [0.25, 0.3) is 0 Å². The Morgan fingerprint density at radius 3 is 2.80 bits per heavy atom. The highest BCUT2D eigenvalue weighted by Gasteiger charge is 2.33. The van der Waals surface area contributed by atoms with Crippen LogP contribution < -0.4 is 5.73 Å². The van der Waals surface area contributed by atoms with Crippen molar-refractivity contribution >= 4 is 15.9 Å². The third-order valence-electron chi connectivity index (χ3n) is 4.25. The molecular weight excluding hydrogens is 346 g/mol. The fourth-order valence-corrected chi connectivity index (χ4v) is 4.33. The molecule has 2 aromatic heterocycles. The average Bonchev–Trinajstić information content (AvgIpc) is 3.21. The Kier molecular flexibility index (Phi) is 4.67. The highest BCUT2D eigenvalue weighted by Crippen LogP contribution is 2.27. The molecule has 0 saturated carbocycles. The molecule has 1 fully saturated rings. The van der Waals surface area contributed by atoms with Crippen LogP contribution in [0.15, 0.2) is 29.6 Å². The number of carbonyl (C=O) groups excluding carboxylic acids is 1. The summed E-state index contributed by atoms with van der Waals surface area (Å²) in [7, 11) is -2.16. The van der Waals surface area contributed by atoms with Crippen molar-refractivity contribution in [1.82, 2.24) is 18.7 Å². The zero-order chi connectivity index (χ0) is 18.2. The molecule has 3 rings (SSSR count). The Bertz CT molecular complexity index is 886. The molecule has 0 aromatic carbocycles. The maximum absolute atomic E-state index is 12.9. The summed E-state index contributed by atoms with van der Waals surface area (Å²) < 4.78 is 36.1. The van der Waals surface area contributed by atoms with Gasteiger partial charge in [-0.05, 0) is 13.0 Å². The standard InChI is InChI=1S/C15H21N5O4S/c1-3-19-8-11(7-17-19)14-10-20(4-5-24-14)25(22,23)12-6-13(15(16)21)18(2)9-12/h6-9,14H,3-5,10H2,1-2H3,(H2,16,21)/t14-/m0/s1. The number of aryl methyl sites for hydroxylation is 2. The first-order valence-corrected chi connectivity index (χ1v) is 9.37. The molecule has 10 heteroatoms. The second-order valence-electron chi connectivity index (χ2n) is 5.89. The SMILES string of the molecule is CCn1cc([C@@H]2CN(S(=O)(=O)c3cc(C(N)=O)n(C)c3)CCO2)cn1. The van der Waals surface area contributed by atoms with Gasteiger partial charge in [-0.2, -0.15) is 9.40 Å². The van der Waals surface area contributed by atoms with Crippen molar-refractivity contribution in [3.63, 3.8) is 0 Å². The quantitative estimate of drug-likeness (QED) is 0.805. The molecule has 3 heterocycles. The van der Waals surface area contributed by atoms with Crippen molar-refractivity contribution < 1.29 is 17.9 Å². The molecule has 1 amide bonds. The van der Waals surface area contributed by atoms with Crippen LogP contribution in [-0.2, 0) is 28.4 Å². The number of aromatic nitrogens is 3. The predicted molar refractivity (Wildman–Crippen MR) is 89.3 cm³/mol. The van der Waals surface area contributed by atoms with Gasteiger partial charge in [-0.25, -0.2) is 8.42 Å². The van der Waals surface area contributed by atoms with Crippen LogP contribution in [0.5, 0.6) is 0 Å². The van der Waals surface area contributed by atoms with Crippen molar-refractivity contribution in [1.29, 1.82) is 0 Å². The number of rotatable bonds is 5. The highest BCUT2D eigenvalue weighted by molar-refractivity contribution is 7.89. The zero-order valence-electron chi connectivity index (χ0n) is 14.1. The maximum Gasteiger partial charge on any atom is 0.265 e. The van der Waals surface area contributed by atoms with Gasteiger partial charge < -0.3 is 15.0 Å². The molecule has 2 aromatic rings. The van der Waals surface area contributed by atoms with E-state index in [0.717, 1.165) is 12.1 Å². The second kappa shape index (κ2) is 6.62. The van der Waals surface area contributed by atoms with Crippen LogP contribution in [0.1, 0.15) is 29.1 Å². The Morgan fingerprint density at radius 2 is 2.20 bits per heavy atom. The summed E-state index contributed by atoms with van der Waals surface area (Å²) in [6, 6.07) is 1.30. The van der Waals surface area contributed by atoms with E-state index in [-0.39, 0.29) is 36.4 Å². The van der Waals surface area contributed by atoms with E-state index >= 15 is 0 Å². The Hall–Kier alpha value is -2.17. The number of nitrogens with zero attached hydrogens (tertiary/aromatic N) is 4.